The second-order valence-corrected chi connectivity index (χ2v) is 5.26. The second-order valence-electron chi connectivity index (χ2n) is 5.26. The van der Waals surface area contributed by atoms with Crippen molar-refractivity contribution >= 4 is 25.1 Å². The van der Waals surface area contributed by atoms with E-state index in [1.54, 1.807) is 18.2 Å². The van der Waals surface area contributed by atoms with E-state index in [0.717, 1.165) is 0 Å². The second kappa shape index (κ2) is 3.82. The first-order valence-electron chi connectivity index (χ1n) is 6.06. The van der Waals surface area contributed by atoms with E-state index in [4.69, 9.17) is 13.6 Å². The van der Waals surface area contributed by atoms with Gasteiger partial charge in [0.2, 0.25) is 5.91 Å². The molecule has 1 saturated carbocycles. The summed E-state index contributed by atoms with van der Waals surface area (Å²) in [4.78, 5) is 24.6. The van der Waals surface area contributed by atoms with E-state index in [9.17, 15) is 14.0 Å². The minimum absolute atomic E-state index is 0.183. The third kappa shape index (κ3) is 1.74. The quantitative estimate of drug-likeness (QED) is 0.720. The van der Waals surface area contributed by atoms with E-state index in [1.165, 1.54) is 4.90 Å². The molecule has 0 aromatic heterocycles. The predicted octanol–water partition coefficient (Wildman–Crippen LogP) is -0.599. The third-order valence-corrected chi connectivity index (χ3v) is 3.90. The Morgan fingerprint density at radius 3 is 2.84 bits per heavy atom. The summed E-state index contributed by atoms with van der Waals surface area (Å²) >= 11 is 0. The fourth-order valence-corrected chi connectivity index (χ4v) is 2.85. The number of halogens is 1. The van der Waals surface area contributed by atoms with E-state index in [0.29, 0.717) is 23.0 Å². The number of hydrogen-bond acceptors (Lipinski definition) is 2. The van der Waals surface area contributed by atoms with E-state index in [1.807, 2.05) is 0 Å². The molecule has 2 N–H and O–H groups in total. The minimum atomic E-state index is -1.00. The van der Waals surface area contributed by atoms with Gasteiger partial charge in [-0.15, -0.1) is 0 Å². The summed E-state index contributed by atoms with van der Waals surface area (Å²) in [5.74, 6) is -0.892. The third-order valence-electron chi connectivity index (χ3n) is 3.90. The monoisotopic (exact) mass is 258 g/mol. The van der Waals surface area contributed by atoms with Crippen LogP contribution < -0.4 is 11.2 Å². The molecule has 19 heavy (non-hydrogen) atoms. The van der Waals surface area contributed by atoms with E-state index < -0.39 is 17.5 Å². The van der Waals surface area contributed by atoms with Gasteiger partial charge in [-0.05, 0) is 18.1 Å². The van der Waals surface area contributed by atoms with Crippen molar-refractivity contribution in [2.24, 2.45) is 5.73 Å². The molecule has 1 aromatic carbocycles. The predicted molar refractivity (Wildman–Crippen MR) is 68.1 cm³/mol. The molecule has 4 nitrogen and oxygen atoms in total. The molecular formula is C13H12BFN2O2. The molecule has 0 unspecified atom stereocenters. The van der Waals surface area contributed by atoms with Gasteiger partial charge in [0.25, 0.3) is 5.91 Å². The number of carbonyl (C=O) groups excluding carboxylic acids is 2. The zero-order valence-corrected chi connectivity index (χ0v) is 10.2. The number of primary amides is 1. The van der Waals surface area contributed by atoms with Gasteiger partial charge in [0.15, 0.2) is 0 Å². The van der Waals surface area contributed by atoms with Crippen molar-refractivity contribution in [3.63, 3.8) is 0 Å². The average Bonchev–Trinajstić information content (AvgIpc) is 2.97. The van der Waals surface area contributed by atoms with Crippen molar-refractivity contribution < 1.29 is 14.0 Å². The summed E-state index contributed by atoms with van der Waals surface area (Å²) in [7, 11) is 5.72. The van der Waals surface area contributed by atoms with Crippen molar-refractivity contribution in [3.05, 3.63) is 29.3 Å². The van der Waals surface area contributed by atoms with Crippen LogP contribution in [0.4, 0.5) is 4.39 Å². The van der Waals surface area contributed by atoms with Gasteiger partial charge in [0.1, 0.15) is 14.0 Å². The molecule has 6 heteroatoms. The van der Waals surface area contributed by atoms with Crippen molar-refractivity contribution in [3.8, 4) is 0 Å². The number of hydrogen-bond donors (Lipinski definition) is 1. The molecule has 96 valence electrons. The molecule has 1 spiro atoms. The van der Waals surface area contributed by atoms with Gasteiger partial charge in [0, 0.05) is 17.5 Å². The van der Waals surface area contributed by atoms with Gasteiger partial charge >= 0.3 is 0 Å². The summed E-state index contributed by atoms with van der Waals surface area (Å²) in [6, 6.07) is 4.86. The number of fused-ring (bicyclic) bond motifs is 2. The lowest BCUT2D eigenvalue weighted by molar-refractivity contribution is -0.118. The van der Waals surface area contributed by atoms with E-state index >= 15 is 0 Å². The summed E-state index contributed by atoms with van der Waals surface area (Å²) < 4.78 is 13.8. The van der Waals surface area contributed by atoms with Crippen LogP contribution >= 0.6 is 0 Å². The van der Waals surface area contributed by atoms with Gasteiger partial charge < -0.3 is 10.6 Å². The first kappa shape index (κ1) is 12.2. The molecule has 0 saturated heterocycles. The number of nitrogens with two attached hydrogens (primary N) is 1. The first-order valence-corrected chi connectivity index (χ1v) is 6.06. The lowest BCUT2D eigenvalue weighted by Gasteiger charge is -2.34. The highest BCUT2D eigenvalue weighted by Gasteiger charge is 2.61. The van der Waals surface area contributed by atoms with Crippen molar-refractivity contribution in [2.75, 3.05) is 13.1 Å². The van der Waals surface area contributed by atoms with Gasteiger partial charge in [-0.3, -0.25) is 9.59 Å². The summed E-state index contributed by atoms with van der Waals surface area (Å²) in [6.45, 7) is 0.00349. The van der Waals surface area contributed by atoms with Crippen LogP contribution in [0, 0.1) is 0 Å². The van der Waals surface area contributed by atoms with Crippen LogP contribution in [-0.2, 0) is 10.2 Å². The summed E-state index contributed by atoms with van der Waals surface area (Å²) in [6.07, 6.45) is -0.650. The zero-order chi connectivity index (χ0) is 13.8. The molecule has 2 amide bonds. The molecule has 1 heterocycles. The Hall–Kier alpha value is -1.85. The minimum Gasteiger partial charge on any atom is -0.368 e. The van der Waals surface area contributed by atoms with Crippen LogP contribution in [0.1, 0.15) is 22.3 Å². The van der Waals surface area contributed by atoms with Crippen molar-refractivity contribution in [1.29, 1.82) is 0 Å². The van der Waals surface area contributed by atoms with Crippen LogP contribution in [0.25, 0.3) is 0 Å². The highest BCUT2D eigenvalue weighted by molar-refractivity contribution is 6.32. The number of amides is 2. The Morgan fingerprint density at radius 1 is 1.58 bits per heavy atom. The number of carbonyl (C=O) groups is 2. The highest BCUT2D eigenvalue weighted by Crippen LogP contribution is 2.54. The Kier molecular flexibility index (Phi) is 2.45. The fourth-order valence-electron chi connectivity index (χ4n) is 2.85. The number of nitrogens with zero attached hydrogens (tertiary/aromatic N) is 1. The van der Waals surface area contributed by atoms with Crippen molar-refractivity contribution in [2.45, 2.75) is 18.0 Å². The van der Waals surface area contributed by atoms with Crippen LogP contribution in [-0.4, -0.2) is 43.8 Å². The molecule has 3 rings (SSSR count). The van der Waals surface area contributed by atoms with Crippen LogP contribution in [0.2, 0.25) is 0 Å². The number of alkyl halides is 1. The number of benzene rings is 1. The fraction of sp³-hybridized carbons (Fsp3) is 0.385. The molecule has 2 atom stereocenters. The van der Waals surface area contributed by atoms with Gasteiger partial charge in [0.05, 0.1) is 6.54 Å². The lowest BCUT2D eigenvalue weighted by atomic mass is 9.82. The zero-order valence-electron chi connectivity index (χ0n) is 10.2. The molecule has 1 aromatic rings. The molecule has 1 aliphatic heterocycles. The maximum Gasteiger partial charge on any atom is 0.254 e. The molecule has 2 aliphatic rings. The molecular weight excluding hydrogens is 246 g/mol. The molecule has 1 fully saturated rings. The lowest BCUT2D eigenvalue weighted by Crippen LogP contribution is -2.48. The van der Waals surface area contributed by atoms with E-state index in [-0.39, 0.29) is 19.0 Å². The maximum atomic E-state index is 13.8. The molecule has 1 aliphatic carbocycles. The Bertz CT molecular complexity index is 592. The van der Waals surface area contributed by atoms with Crippen LogP contribution in [0.3, 0.4) is 0 Å². The van der Waals surface area contributed by atoms with Crippen LogP contribution in [0.5, 0.6) is 0 Å². The first-order chi connectivity index (χ1) is 8.94. The van der Waals surface area contributed by atoms with Gasteiger partial charge in [-0.1, -0.05) is 17.6 Å². The smallest absolute Gasteiger partial charge is 0.254 e. The molecule has 0 bridgehead atoms. The van der Waals surface area contributed by atoms with Crippen molar-refractivity contribution in [1.82, 2.24) is 4.90 Å². The average molecular weight is 258 g/mol. The summed E-state index contributed by atoms with van der Waals surface area (Å²) in [5.41, 5.74) is 6.01. The Morgan fingerprint density at radius 2 is 2.26 bits per heavy atom. The Balaban J connectivity index is 2.07. The van der Waals surface area contributed by atoms with Crippen LogP contribution in [0.15, 0.2) is 18.2 Å². The number of rotatable bonds is 2. The van der Waals surface area contributed by atoms with E-state index in [2.05, 4.69) is 0 Å². The largest absolute Gasteiger partial charge is 0.368 e. The van der Waals surface area contributed by atoms with Gasteiger partial charge in [-0.25, -0.2) is 4.39 Å². The van der Waals surface area contributed by atoms with Gasteiger partial charge in [-0.2, -0.15) is 0 Å². The normalized spacial score (nSPS) is 28.4. The topological polar surface area (TPSA) is 63.4 Å². The molecule has 2 radical (unpaired) electrons. The Labute approximate surface area is 111 Å². The summed E-state index contributed by atoms with van der Waals surface area (Å²) in [5, 5.41) is 0. The standard InChI is InChI=1S/C13H12BFN2O2/c14-7-1-2-8-9(3-7)13(4-10(13)15)6-17(12(8)19)5-11(16)18/h1-3,10H,4-6H2,(H2,16,18)/t10-,13-/m1/s1. The SMILES string of the molecule is [B]c1ccc2c(c1)[C@@]1(C[C@H]1F)CN(CC(N)=O)C2=O. The maximum absolute atomic E-state index is 13.8. The highest BCUT2D eigenvalue weighted by atomic mass is 19.1.